The number of carbonyl (C=O) groups excluding carboxylic acids is 1. The summed E-state index contributed by atoms with van der Waals surface area (Å²) in [4.78, 5) is 11.4. The smallest absolute Gasteiger partial charge is 0.311 e. The summed E-state index contributed by atoms with van der Waals surface area (Å²) in [6.45, 7) is 2.96. The molecule has 1 fully saturated rings. The Morgan fingerprint density at radius 2 is 1.85 bits per heavy atom. The third-order valence-electron chi connectivity index (χ3n) is 2.29. The molecule has 0 aliphatic heterocycles. The van der Waals surface area contributed by atoms with Crippen molar-refractivity contribution >= 4 is 5.97 Å². The van der Waals surface area contributed by atoms with Gasteiger partial charge in [0.25, 0.3) is 0 Å². The molecule has 0 spiro atoms. The number of aliphatic hydroxyl groups is 1. The van der Waals surface area contributed by atoms with Gasteiger partial charge in [-0.3, -0.25) is 4.79 Å². The Morgan fingerprint density at radius 3 is 2.31 bits per heavy atom. The van der Waals surface area contributed by atoms with Crippen LogP contribution in [0.15, 0.2) is 0 Å². The molecule has 3 nitrogen and oxygen atoms in total. The fraction of sp³-hybridized carbons (Fsp3) is 0.900. The maximum absolute atomic E-state index is 11.4. The van der Waals surface area contributed by atoms with E-state index in [2.05, 4.69) is 0 Å². The van der Waals surface area contributed by atoms with Crippen molar-refractivity contribution in [3.05, 3.63) is 0 Å². The first-order chi connectivity index (χ1) is 5.99. The van der Waals surface area contributed by atoms with Crippen LogP contribution >= 0.6 is 0 Å². The lowest BCUT2D eigenvalue weighted by Gasteiger charge is -2.24. The average molecular weight is 186 g/mol. The molecule has 0 unspecified atom stereocenters. The molecule has 1 aliphatic rings. The molecule has 1 N–H and O–H groups in total. The first-order valence-electron chi connectivity index (χ1n) is 4.94. The summed E-state index contributed by atoms with van der Waals surface area (Å²) < 4.78 is 4.89. The van der Waals surface area contributed by atoms with Crippen LogP contribution in [-0.4, -0.2) is 16.9 Å². The van der Waals surface area contributed by atoms with E-state index in [1.165, 1.54) is 20.3 Å². The van der Waals surface area contributed by atoms with Crippen molar-refractivity contribution in [2.24, 2.45) is 5.92 Å². The van der Waals surface area contributed by atoms with Crippen LogP contribution in [0.5, 0.6) is 0 Å². The zero-order valence-corrected chi connectivity index (χ0v) is 8.38. The highest BCUT2D eigenvalue weighted by atomic mass is 16.7. The predicted molar refractivity (Wildman–Crippen MR) is 49.0 cm³/mol. The van der Waals surface area contributed by atoms with Gasteiger partial charge in [0.15, 0.2) is 0 Å². The summed E-state index contributed by atoms with van der Waals surface area (Å²) in [5.74, 6) is -1.55. The van der Waals surface area contributed by atoms with Crippen molar-refractivity contribution in [2.75, 3.05) is 0 Å². The Labute approximate surface area is 79.1 Å². The van der Waals surface area contributed by atoms with E-state index in [1.807, 2.05) is 0 Å². The summed E-state index contributed by atoms with van der Waals surface area (Å²) in [5.41, 5.74) is 0. The van der Waals surface area contributed by atoms with Gasteiger partial charge in [-0.25, -0.2) is 0 Å². The Hall–Kier alpha value is -0.570. The van der Waals surface area contributed by atoms with E-state index in [0.29, 0.717) is 0 Å². The Morgan fingerprint density at radius 1 is 1.31 bits per heavy atom. The van der Waals surface area contributed by atoms with E-state index in [0.717, 1.165) is 25.7 Å². The van der Waals surface area contributed by atoms with Gasteiger partial charge in [-0.15, -0.1) is 0 Å². The molecule has 3 heteroatoms. The third-order valence-corrected chi connectivity index (χ3v) is 2.29. The number of hydrogen-bond donors (Lipinski definition) is 1. The third kappa shape index (κ3) is 3.77. The van der Waals surface area contributed by atoms with Crippen molar-refractivity contribution in [3.8, 4) is 0 Å². The van der Waals surface area contributed by atoms with Crippen LogP contribution in [0.25, 0.3) is 0 Å². The molecule has 0 bridgehead atoms. The van der Waals surface area contributed by atoms with Crippen LogP contribution in [0, 0.1) is 5.92 Å². The van der Waals surface area contributed by atoms with E-state index in [4.69, 9.17) is 4.74 Å². The van der Waals surface area contributed by atoms with Crippen LogP contribution in [0.3, 0.4) is 0 Å². The van der Waals surface area contributed by atoms with Crippen molar-refractivity contribution in [1.29, 1.82) is 0 Å². The molecule has 0 atom stereocenters. The minimum absolute atomic E-state index is 0.0141. The van der Waals surface area contributed by atoms with E-state index < -0.39 is 5.79 Å². The van der Waals surface area contributed by atoms with Crippen LogP contribution < -0.4 is 0 Å². The lowest BCUT2D eigenvalue weighted by molar-refractivity contribution is -0.200. The van der Waals surface area contributed by atoms with Crippen molar-refractivity contribution < 1.29 is 14.6 Å². The number of hydrogen-bond acceptors (Lipinski definition) is 3. The highest BCUT2D eigenvalue weighted by molar-refractivity contribution is 5.72. The first-order valence-corrected chi connectivity index (χ1v) is 4.94. The largest absolute Gasteiger partial charge is 0.434 e. The van der Waals surface area contributed by atoms with Crippen LogP contribution in [0.4, 0.5) is 0 Å². The maximum atomic E-state index is 11.4. The molecular weight excluding hydrogens is 168 g/mol. The Balaban J connectivity index is 2.38. The van der Waals surface area contributed by atoms with Crippen molar-refractivity contribution in [1.82, 2.24) is 0 Å². The minimum atomic E-state index is -1.32. The summed E-state index contributed by atoms with van der Waals surface area (Å²) in [6.07, 6.45) is 5.24. The summed E-state index contributed by atoms with van der Waals surface area (Å²) in [6, 6.07) is 0. The Bertz CT molecular complexity index is 175. The van der Waals surface area contributed by atoms with Gasteiger partial charge in [0.1, 0.15) is 0 Å². The molecule has 0 radical (unpaired) electrons. The topological polar surface area (TPSA) is 46.5 Å². The second-order valence-corrected chi connectivity index (χ2v) is 4.20. The summed E-state index contributed by atoms with van der Waals surface area (Å²) in [5, 5.41) is 9.28. The predicted octanol–water partition coefficient (Wildman–Crippen LogP) is 1.84. The fourth-order valence-corrected chi connectivity index (χ4v) is 1.67. The second-order valence-electron chi connectivity index (χ2n) is 4.20. The van der Waals surface area contributed by atoms with Crippen LogP contribution in [0.2, 0.25) is 0 Å². The zero-order valence-electron chi connectivity index (χ0n) is 8.38. The molecule has 0 aromatic carbocycles. The van der Waals surface area contributed by atoms with Crippen LogP contribution in [0.1, 0.15) is 46.0 Å². The molecule has 13 heavy (non-hydrogen) atoms. The normalized spacial score (nSPS) is 19.9. The van der Waals surface area contributed by atoms with Gasteiger partial charge in [-0.2, -0.15) is 0 Å². The molecule has 0 heterocycles. The molecule has 0 amide bonds. The van der Waals surface area contributed by atoms with Gasteiger partial charge in [0.2, 0.25) is 5.79 Å². The van der Waals surface area contributed by atoms with Gasteiger partial charge in [0.05, 0.1) is 5.92 Å². The zero-order chi connectivity index (χ0) is 9.90. The highest BCUT2D eigenvalue weighted by Crippen LogP contribution is 2.25. The van der Waals surface area contributed by atoms with E-state index in [-0.39, 0.29) is 11.9 Å². The van der Waals surface area contributed by atoms with Crippen LogP contribution in [-0.2, 0) is 9.53 Å². The number of ether oxygens (including phenoxy) is 1. The highest BCUT2D eigenvalue weighted by Gasteiger charge is 2.27. The molecule has 76 valence electrons. The standard InChI is InChI=1S/C10H18O3/c1-10(2,12)13-9(11)8-6-4-3-5-7-8/h8,12H,3-7H2,1-2H3. The summed E-state index contributed by atoms with van der Waals surface area (Å²) >= 11 is 0. The van der Waals surface area contributed by atoms with Crippen molar-refractivity contribution in [2.45, 2.75) is 51.7 Å². The van der Waals surface area contributed by atoms with E-state index in [9.17, 15) is 9.90 Å². The average Bonchev–Trinajstić information content (AvgIpc) is 2.03. The first kappa shape index (κ1) is 10.5. The molecule has 0 aromatic heterocycles. The number of esters is 1. The molecule has 1 aliphatic carbocycles. The quantitative estimate of drug-likeness (QED) is 0.528. The SMILES string of the molecule is CC(C)(O)OC(=O)C1CCCCC1. The van der Waals surface area contributed by atoms with Gasteiger partial charge in [-0.05, 0) is 12.8 Å². The van der Waals surface area contributed by atoms with Crippen molar-refractivity contribution in [3.63, 3.8) is 0 Å². The van der Waals surface area contributed by atoms with Gasteiger partial charge < -0.3 is 9.84 Å². The Kier molecular flexibility index (Phi) is 3.31. The molecule has 1 rings (SSSR count). The van der Waals surface area contributed by atoms with Gasteiger partial charge >= 0.3 is 5.97 Å². The molecule has 0 saturated heterocycles. The fourth-order valence-electron chi connectivity index (χ4n) is 1.67. The number of rotatable bonds is 2. The minimum Gasteiger partial charge on any atom is -0.434 e. The monoisotopic (exact) mass is 186 g/mol. The lowest BCUT2D eigenvalue weighted by atomic mass is 9.89. The molecule has 0 aromatic rings. The van der Waals surface area contributed by atoms with Gasteiger partial charge in [-0.1, -0.05) is 19.3 Å². The second kappa shape index (κ2) is 4.09. The van der Waals surface area contributed by atoms with Gasteiger partial charge in [0, 0.05) is 13.8 Å². The number of carbonyl (C=O) groups is 1. The molecule has 1 saturated carbocycles. The maximum Gasteiger partial charge on any atom is 0.311 e. The molecular formula is C10H18O3. The lowest BCUT2D eigenvalue weighted by Crippen LogP contribution is -2.31. The van der Waals surface area contributed by atoms with E-state index in [1.54, 1.807) is 0 Å². The summed E-state index contributed by atoms with van der Waals surface area (Å²) in [7, 11) is 0. The van der Waals surface area contributed by atoms with E-state index >= 15 is 0 Å².